The van der Waals surface area contributed by atoms with Crippen LogP contribution in [-0.4, -0.2) is 66.0 Å². The first kappa shape index (κ1) is 16.3. The third-order valence-electron chi connectivity index (χ3n) is 4.86. The van der Waals surface area contributed by atoms with Crippen molar-refractivity contribution in [3.8, 4) is 0 Å². The zero-order chi connectivity index (χ0) is 17.6. The predicted octanol–water partition coefficient (Wildman–Crippen LogP) is 0.700. The maximum absolute atomic E-state index is 12.7. The topological polar surface area (TPSA) is 96.9 Å². The van der Waals surface area contributed by atoms with Crippen molar-refractivity contribution >= 4 is 15.7 Å². The minimum atomic E-state index is -3.19. The van der Waals surface area contributed by atoms with Gasteiger partial charge in [-0.1, -0.05) is 5.16 Å². The maximum Gasteiger partial charge on any atom is 0.276 e. The SMILES string of the molecule is Cc1ccc(CN2CCN(C(=O)c3ccon3)[C@@H]3CS(=O)(=O)C[C@@H]32)o1. The largest absolute Gasteiger partial charge is 0.465 e. The second-order valence-electron chi connectivity index (χ2n) is 6.58. The second kappa shape index (κ2) is 5.99. The van der Waals surface area contributed by atoms with Crippen molar-refractivity contribution in [3.05, 3.63) is 41.7 Å². The van der Waals surface area contributed by atoms with Gasteiger partial charge in [0, 0.05) is 25.2 Å². The van der Waals surface area contributed by atoms with Gasteiger partial charge in [-0.25, -0.2) is 8.42 Å². The van der Waals surface area contributed by atoms with Crippen molar-refractivity contribution < 1.29 is 22.2 Å². The molecule has 0 saturated carbocycles. The second-order valence-corrected chi connectivity index (χ2v) is 8.73. The lowest BCUT2D eigenvalue weighted by molar-refractivity contribution is 0.0277. The summed E-state index contributed by atoms with van der Waals surface area (Å²) in [5.74, 6) is 1.38. The molecular weight excluding hydrogens is 346 g/mol. The van der Waals surface area contributed by atoms with E-state index >= 15 is 0 Å². The van der Waals surface area contributed by atoms with Crippen LogP contribution < -0.4 is 0 Å². The van der Waals surface area contributed by atoms with Crippen LogP contribution in [0.1, 0.15) is 22.0 Å². The van der Waals surface area contributed by atoms with E-state index in [4.69, 9.17) is 8.94 Å². The quantitative estimate of drug-likeness (QED) is 0.790. The van der Waals surface area contributed by atoms with Gasteiger partial charge < -0.3 is 13.8 Å². The van der Waals surface area contributed by atoms with E-state index in [9.17, 15) is 13.2 Å². The Hall–Kier alpha value is -2.13. The Kier molecular flexibility index (Phi) is 3.92. The monoisotopic (exact) mass is 365 g/mol. The van der Waals surface area contributed by atoms with Crippen molar-refractivity contribution in [2.24, 2.45) is 0 Å². The molecule has 8 nitrogen and oxygen atoms in total. The van der Waals surface area contributed by atoms with E-state index in [2.05, 4.69) is 10.1 Å². The summed E-state index contributed by atoms with van der Waals surface area (Å²) >= 11 is 0. The molecule has 0 unspecified atom stereocenters. The highest BCUT2D eigenvalue weighted by Crippen LogP contribution is 2.29. The number of hydrogen-bond acceptors (Lipinski definition) is 7. The van der Waals surface area contributed by atoms with Gasteiger partial charge in [0.15, 0.2) is 15.5 Å². The average Bonchev–Trinajstić information content (AvgIpc) is 3.26. The number of hydrogen-bond donors (Lipinski definition) is 0. The first-order chi connectivity index (χ1) is 11.9. The van der Waals surface area contributed by atoms with Crippen LogP contribution >= 0.6 is 0 Å². The number of furan rings is 1. The molecule has 25 heavy (non-hydrogen) atoms. The van der Waals surface area contributed by atoms with Gasteiger partial charge in [-0.15, -0.1) is 0 Å². The lowest BCUT2D eigenvalue weighted by Crippen LogP contribution is -2.60. The van der Waals surface area contributed by atoms with Gasteiger partial charge in [0.1, 0.15) is 17.8 Å². The van der Waals surface area contributed by atoms with E-state index in [1.165, 1.54) is 12.3 Å². The average molecular weight is 365 g/mol. The third-order valence-corrected chi connectivity index (χ3v) is 6.56. The summed E-state index contributed by atoms with van der Waals surface area (Å²) in [6, 6.07) is 4.68. The number of amides is 1. The molecular formula is C16H19N3O5S. The number of carbonyl (C=O) groups excluding carboxylic acids is 1. The van der Waals surface area contributed by atoms with Crippen molar-refractivity contribution in [2.75, 3.05) is 24.6 Å². The van der Waals surface area contributed by atoms with Crippen LogP contribution in [0.4, 0.5) is 0 Å². The summed E-state index contributed by atoms with van der Waals surface area (Å²) in [6.45, 7) is 3.44. The third kappa shape index (κ3) is 3.09. The number of aryl methyl sites for hydroxylation is 1. The number of piperazine rings is 1. The summed E-state index contributed by atoms with van der Waals surface area (Å²) in [7, 11) is -3.19. The Morgan fingerprint density at radius 2 is 2.04 bits per heavy atom. The molecule has 0 spiro atoms. The zero-order valence-corrected chi connectivity index (χ0v) is 14.6. The minimum Gasteiger partial charge on any atom is -0.465 e. The summed E-state index contributed by atoms with van der Waals surface area (Å²) in [5.41, 5.74) is 0.207. The molecule has 2 aromatic heterocycles. The normalized spacial score (nSPS) is 25.9. The van der Waals surface area contributed by atoms with E-state index < -0.39 is 9.84 Å². The molecule has 2 aliphatic rings. The van der Waals surface area contributed by atoms with E-state index in [1.54, 1.807) is 4.90 Å². The molecule has 0 aromatic carbocycles. The lowest BCUT2D eigenvalue weighted by atomic mass is 10.0. The van der Waals surface area contributed by atoms with E-state index in [-0.39, 0.29) is 35.2 Å². The Balaban J connectivity index is 1.58. The fourth-order valence-electron chi connectivity index (χ4n) is 3.71. The van der Waals surface area contributed by atoms with Gasteiger partial charge in [0.05, 0.1) is 24.1 Å². The van der Waals surface area contributed by atoms with Gasteiger partial charge >= 0.3 is 0 Å². The molecule has 9 heteroatoms. The lowest BCUT2D eigenvalue weighted by Gasteiger charge is -2.43. The maximum atomic E-state index is 12.7. The van der Waals surface area contributed by atoms with Gasteiger partial charge in [0.25, 0.3) is 5.91 Å². The molecule has 0 radical (unpaired) electrons. The molecule has 4 rings (SSSR count). The van der Waals surface area contributed by atoms with E-state index in [0.717, 1.165) is 11.5 Å². The first-order valence-electron chi connectivity index (χ1n) is 8.14. The molecule has 2 atom stereocenters. The molecule has 0 bridgehead atoms. The smallest absolute Gasteiger partial charge is 0.276 e. The molecule has 4 heterocycles. The van der Waals surface area contributed by atoms with Crippen LogP contribution in [0.2, 0.25) is 0 Å². The molecule has 0 aliphatic carbocycles. The van der Waals surface area contributed by atoms with Crippen LogP contribution in [0.25, 0.3) is 0 Å². The Morgan fingerprint density at radius 1 is 1.24 bits per heavy atom. The number of nitrogens with zero attached hydrogens (tertiary/aromatic N) is 3. The van der Waals surface area contributed by atoms with Crippen molar-refractivity contribution in [2.45, 2.75) is 25.6 Å². The number of rotatable bonds is 3. The molecule has 134 valence electrons. The Labute approximate surface area is 145 Å². The number of carbonyl (C=O) groups is 1. The molecule has 2 aliphatic heterocycles. The van der Waals surface area contributed by atoms with Crippen LogP contribution in [-0.2, 0) is 16.4 Å². The summed E-state index contributed by atoms with van der Waals surface area (Å²) in [6.07, 6.45) is 1.34. The van der Waals surface area contributed by atoms with Gasteiger partial charge in [-0.05, 0) is 19.1 Å². The summed E-state index contributed by atoms with van der Waals surface area (Å²) < 4.78 is 34.8. The number of fused-ring (bicyclic) bond motifs is 1. The van der Waals surface area contributed by atoms with Crippen molar-refractivity contribution in [1.82, 2.24) is 15.0 Å². The Morgan fingerprint density at radius 3 is 2.72 bits per heavy atom. The number of sulfone groups is 1. The summed E-state index contributed by atoms with van der Waals surface area (Å²) in [5, 5.41) is 3.69. The van der Waals surface area contributed by atoms with E-state index in [0.29, 0.717) is 19.6 Å². The highest BCUT2D eigenvalue weighted by atomic mass is 32.2. The van der Waals surface area contributed by atoms with Gasteiger partial charge in [0.2, 0.25) is 0 Å². The standard InChI is InChI=1S/C16H19N3O5S/c1-11-2-3-12(24-11)8-18-5-6-19(16(20)13-4-7-23-17-13)15-10-25(21,22)9-14(15)18/h2-4,7,14-15H,5-6,8-10H2,1H3/t14-,15+/m0/s1. The molecule has 2 aromatic rings. The van der Waals surface area contributed by atoms with Gasteiger partial charge in [-0.2, -0.15) is 0 Å². The molecule has 1 amide bonds. The van der Waals surface area contributed by atoms with Crippen LogP contribution in [0, 0.1) is 6.92 Å². The molecule has 0 N–H and O–H groups in total. The highest BCUT2D eigenvalue weighted by Gasteiger charge is 2.48. The van der Waals surface area contributed by atoms with Crippen molar-refractivity contribution in [1.29, 1.82) is 0 Å². The fraction of sp³-hybridized carbons (Fsp3) is 0.500. The van der Waals surface area contributed by atoms with Crippen LogP contribution in [0.5, 0.6) is 0 Å². The predicted molar refractivity (Wildman–Crippen MR) is 87.6 cm³/mol. The highest BCUT2D eigenvalue weighted by molar-refractivity contribution is 7.91. The zero-order valence-electron chi connectivity index (χ0n) is 13.8. The van der Waals surface area contributed by atoms with E-state index in [1.807, 2.05) is 19.1 Å². The number of aromatic nitrogens is 1. The molecule has 2 saturated heterocycles. The minimum absolute atomic E-state index is 0.0189. The van der Waals surface area contributed by atoms with Crippen LogP contribution in [0.15, 0.2) is 33.4 Å². The summed E-state index contributed by atoms with van der Waals surface area (Å²) in [4.78, 5) is 16.4. The Bertz CT molecular complexity index is 873. The van der Waals surface area contributed by atoms with Gasteiger partial charge in [-0.3, -0.25) is 9.69 Å². The molecule has 2 fully saturated rings. The van der Waals surface area contributed by atoms with Crippen LogP contribution in [0.3, 0.4) is 0 Å². The van der Waals surface area contributed by atoms with Crippen molar-refractivity contribution in [3.63, 3.8) is 0 Å². The first-order valence-corrected chi connectivity index (χ1v) is 9.96. The fourth-order valence-corrected chi connectivity index (χ4v) is 5.73.